The van der Waals surface area contributed by atoms with Crippen LogP contribution >= 0.6 is 11.6 Å². The number of carbonyl (C=O) groups is 1. The average Bonchev–Trinajstić information content (AvgIpc) is 3.29. The number of halogens is 1. The number of rotatable bonds is 2. The molecule has 1 amide bonds. The number of anilines is 1. The van der Waals surface area contributed by atoms with Gasteiger partial charge < -0.3 is 14.8 Å². The number of fused-ring (bicyclic) bond motifs is 2. The molecule has 0 aliphatic carbocycles. The summed E-state index contributed by atoms with van der Waals surface area (Å²) in [5, 5.41) is 8.17. The zero-order valence-corrected chi connectivity index (χ0v) is 15.3. The van der Waals surface area contributed by atoms with Gasteiger partial charge in [-0.15, -0.1) is 0 Å². The van der Waals surface area contributed by atoms with Gasteiger partial charge in [-0.25, -0.2) is 4.68 Å². The van der Waals surface area contributed by atoms with Crippen LogP contribution in [0.4, 0.5) is 5.82 Å². The topological polar surface area (TPSA) is 65.4 Å². The number of ether oxygens (including phenoxy) is 2. The molecule has 2 aliphatic heterocycles. The molecule has 7 heteroatoms. The van der Waals surface area contributed by atoms with E-state index in [0.717, 1.165) is 28.1 Å². The van der Waals surface area contributed by atoms with Crippen molar-refractivity contribution in [3.05, 3.63) is 64.3 Å². The molecule has 0 spiro atoms. The minimum atomic E-state index is -0.100. The highest BCUT2D eigenvalue weighted by atomic mass is 35.5. The second-order valence-corrected chi connectivity index (χ2v) is 7.07. The van der Waals surface area contributed by atoms with Gasteiger partial charge in [0.15, 0.2) is 11.5 Å². The van der Waals surface area contributed by atoms with E-state index in [4.69, 9.17) is 21.1 Å². The van der Waals surface area contributed by atoms with E-state index in [1.807, 2.05) is 49.5 Å². The lowest BCUT2D eigenvalue weighted by atomic mass is 9.87. The number of hydrogen-bond donors (Lipinski definition) is 1. The summed E-state index contributed by atoms with van der Waals surface area (Å²) in [7, 11) is 0. The van der Waals surface area contributed by atoms with Gasteiger partial charge in [0.1, 0.15) is 5.82 Å². The number of nitrogens with one attached hydrogen (secondary N) is 1. The zero-order chi connectivity index (χ0) is 18.5. The summed E-state index contributed by atoms with van der Waals surface area (Å²) in [5.74, 6) is 1.96. The molecule has 3 heterocycles. The molecular weight excluding hydrogens is 366 g/mol. The molecule has 27 heavy (non-hydrogen) atoms. The van der Waals surface area contributed by atoms with E-state index in [1.54, 1.807) is 4.68 Å². The molecule has 0 saturated heterocycles. The Kier molecular flexibility index (Phi) is 3.62. The summed E-state index contributed by atoms with van der Waals surface area (Å²) < 4.78 is 12.6. The Hall–Kier alpha value is -2.99. The van der Waals surface area contributed by atoms with Crippen LogP contribution in [0.25, 0.3) is 5.69 Å². The Morgan fingerprint density at radius 2 is 2.07 bits per heavy atom. The van der Waals surface area contributed by atoms with E-state index < -0.39 is 0 Å². The Morgan fingerprint density at radius 1 is 1.22 bits per heavy atom. The lowest BCUT2D eigenvalue weighted by Crippen LogP contribution is -2.24. The first-order chi connectivity index (χ1) is 13.1. The molecule has 1 atom stereocenters. The fraction of sp³-hybridized carbons (Fsp3) is 0.200. The number of aromatic nitrogens is 2. The van der Waals surface area contributed by atoms with Gasteiger partial charge in [0, 0.05) is 22.9 Å². The lowest BCUT2D eigenvalue weighted by Gasteiger charge is -2.24. The first kappa shape index (κ1) is 16.2. The van der Waals surface area contributed by atoms with Gasteiger partial charge >= 0.3 is 0 Å². The lowest BCUT2D eigenvalue weighted by molar-refractivity contribution is -0.116. The molecule has 0 bridgehead atoms. The first-order valence-corrected chi connectivity index (χ1v) is 9.02. The number of hydrogen-bond acceptors (Lipinski definition) is 4. The monoisotopic (exact) mass is 381 g/mol. The molecule has 1 N–H and O–H groups in total. The van der Waals surface area contributed by atoms with Crippen molar-refractivity contribution >= 4 is 23.3 Å². The molecule has 1 aromatic heterocycles. The number of amides is 1. The SMILES string of the molecule is Cc1c(Cl)cccc1-n1ncc2c1NC(=O)CC2c1ccc2c(c1)OCO2. The molecule has 3 aromatic rings. The predicted molar refractivity (Wildman–Crippen MR) is 101 cm³/mol. The molecule has 5 rings (SSSR count). The van der Waals surface area contributed by atoms with E-state index in [1.165, 1.54) is 0 Å². The van der Waals surface area contributed by atoms with Crippen LogP contribution in [-0.2, 0) is 4.79 Å². The summed E-state index contributed by atoms with van der Waals surface area (Å²) in [5.41, 5.74) is 3.71. The fourth-order valence-corrected chi connectivity index (χ4v) is 3.82. The predicted octanol–water partition coefficient (Wildman–Crippen LogP) is 4.04. The summed E-state index contributed by atoms with van der Waals surface area (Å²) in [4.78, 5) is 12.4. The normalized spacial score (nSPS) is 17.6. The molecule has 6 nitrogen and oxygen atoms in total. The average molecular weight is 382 g/mol. The molecule has 0 radical (unpaired) electrons. The third-order valence-corrected chi connectivity index (χ3v) is 5.50. The van der Waals surface area contributed by atoms with Crippen LogP contribution < -0.4 is 14.8 Å². The fourth-order valence-electron chi connectivity index (χ4n) is 3.66. The minimum absolute atomic E-state index is 0.0494. The number of carbonyl (C=O) groups excluding carboxylic acids is 1. The maximum absolute atomic E-state index is 12.4. The van der Waals surface area contributed by atoms with Crippen molar-refractivity contribution < 1.29 is 14.3 Å². The standard InChI is InChI=1S/C20H16ClN3O3/c1-11-15(21)3-2-4-16(11)24-20-14(9-22-24)13(8-19(25)23-20)12-5-6-17-18(7-12)27-10-26-17/h2-7,9,13H,8,10H2,1H3,(H,23,25). The first-order valence-electron chi connectivity index (χ1n) is 8.64. The van der Waals surface area contributed by atoms with Crippen LogP contribution in [0.15, 0.2) is 42.6 Å². The third kappa shape index (κ3) is 2.56. The molecule has 136 valence electrons. The Bertz CT molecular complexity index is 1080. The minimum Gasteiger partial charge on any atom is -0.454 e. The van der Waals surface area contributed by atoms with Crippen molar-refractivity contribution in [2.45, 2.75) is 19.3 Å². The second kappa shape index (κ2) is 6.03. The quantitative estimate of drug-likeness (QED) is 0.727. The highest BCUT2D eigenvalue weighted by Gasteiger charge is 2.31. The van der Waals surface area contributed by atoms with Crippen molar-refractivity contribution in [3.8, 4) is 17.2 Å². The van der Waals surface area contributed by atoms with E-state index in [-0.39, 0.29) is 18.6 Å². The van der Waals surface area contributed by atoms with Gasteiger partial charge in [0.2, 0.25) is 12.7 Å². The zero-order valence-electron chi connectivity index (χ0n) is 14.5. The Balaban J connectivity index is 1.62. The smallest absolute Gasteiger partial charge is 0.231 e. The Morgan fingerprint density at radius 3 is 2.96 bits per heavy atom. The maximum Gasteiger partial charge on any atom is 0.231 e. The second-order valence-electron chi connectivity index (χ2n) is 6.66. The molecule has 2 aliphatic rings. The maximum atomic E-state index is 12.4. The van der Waals surface area contributed by atoms with Gasteiger partial charge in [0.05, 0.1) is 11.9 Å². The van der Waals surface area contributed by atoms with Gasteiger partial charge in [-0.3, -0.25) is 4.79 Å². The van der Waals surface area contributed by atoms with Crippen LogP contribution in [0.2, 0.25) is 5.02 Å². The van der Waals surface area contributed by atoms with Crippen LogP contribution in [0.3, 0.4) is 0 Å². The van der Waals surface area contributed by atoms with Crippen molar-refractivity contribution in [1.29, 1.82) is 0 Å². The molecule has 2 aromatic carbocycles. The molecule has 0 saturated carbocycles. The number of benzene rings is 2. The van der Waals surface area contributed by atoms with Gasteiger partial charge in [-0.1, -0.05) is 23.7 Å². The van der Waals surface area contributed by atoms with Crippen LogP contribution in [-0.4, -0.2) is 22.5 Å². The van der Waals surface area contributed by atoms with E-state index in [9.17, 15) is 4.79 Å². The van der Waals surface area contributed by atoms with E-state index in [2.05, 4.69) is 10.4 Å². The molecule has 0 fully saturated rings. The van der Waals surface area contributed by atoms with Gasteiger partial charge in [-0.2, -0.15) is 5.10 Å². The van der Waals surface area contributed by atoms with Gasteiger partial charge in [0.25, 0.3) is 0 Å². The number of nitrogens with zero attached hydrogens (tertiary/aromatic N) is 2. The summed E-state index contributed by atoms with van der Waals surface area (Å²) in [6.45, 7) is 2.16. The largest absolute Gasteiger partial charge is 0.454 e. The van der Waals surface area contributed by atoms with Crippen molar-refractivity contribution in [2.24, 2.45) is 0 Å². The molecular formula is C20H16ClN3O3. The highest BCUT2D eigenvalue weighted by Crippen LogP contribution is 2.42. The van der Waals surface area contributed by atoms with Crippen LogP contribution in [0, 0.1) is 6.92 Å². The van der Waals surface area contributed by atoms with Crippen LogP contribution in [0.5, 0.6) is 11.5 Å². The van der Waals surface area contributed by atoms with Crippen LogP contribution in [0.1, 0.15) is 29.0 Å². The summed E-state index contributed by atoms with van der Waals surface area (Å²) in [6.07, 6.45) is 2.16. The van der Waals surface area contributed by atoms with Crippen molar-refractivity contribution in [2.75, 3.05) is 12.1 Å². The van der Waals surface area contributed by atoms with Crippen molar-refractivity contribution in [1.82, 2.24) is 9.78 Å². The summed E-state index contributed by atoms with van der Waals surface area (Å²) in [6, 6.07) is 11.4. The third-order valence-electron chi connectivity index (χ3n) is 5.09. The molecule has 1 unspecified atom stereocenters. The van der Waals surface area contributed by atoms with E-state index >= 15 is 0 Å². The highest BCUT2D eigenvalue weighted by molar-refractivity contribution is 6.31. The van der Waals surface area contributed by atoms with Gasteiger partial charge in [-0.05, 0) is 42.3 Å². The Labute approximate surface area is 160 Å². The van der Waals surface area contributed by atoms with Crippen molar-refractivity contribution in [3.63, 3.8) is 0 Å². The van der Waals surface area contributed by atoms with E-state index in [0.29, 0.717) is 23.0 Å². The summed E-state index contributed by atoms with van der Waals surface area (Å²) >= 11 is 6.27.